The first-order valence-electron chi connectivity index (χ1n) is 5.71. The number of aromatic nitrogens is 2. The molecule has 0 saturated heterocycles. The van der Waals surface area contributed by atoms with Crippen LogP contribution in [0.3, 0.4) is 0 Å². The molecule has 1 aliphatic rings. The Labute approximate surface area is 110 Å². The number of fused-ring (bicyclic) bond motifs is 1. The van der Waals surface area contributed by atoms with Gasteiger partial charge in [0.05, 0.1) is 6.04 Å². The van der Waals surface area contributed by atoms with Crippen LogP contribution in [0.4, 0.5) is 5.82 Å². The summed E-state index contributed by atoms with van der Waals surface area (Å²) in [6.07, 6.45) is 1.46. The molecular formula is C13H12ClN3O. The molecule has 0 spiro atoms. The maximum absolute atomic E-state index is 5.98. The van der Waals surface area contributed by atoms with Crippen molar-refractivity contribution >= 4 is 17.4 Å². The Kier molecular flexibility index (Phi) is 2.80. The van der Waals surface area contributed by atoms with Crippen molar-refractivity contribution in [3.8, 4) is 5.75 Å². The standard InChI is InChI=1S/C13H12ClN3O/c1-8-12(14)15-7-16-13(8)17-10-6-18-11-5-3-2-4-9(10)11/h2-5,7,10H,6H2,1H3,(H,15,16,17). The molecule has 4 nitrogen and oxygen atoms in total. The van der Waals surface area contributed by atoms with Gasteiger partial charge in [-0.25, -0.2) is 9.97 Å². The second kappa shape index (κ2) is 4.46. The van der Waals surface area contributed by atoms with E-state index in [0.29, 0.717) is 11.8 Å². The fourth-order valence-electron chi connectivity index (χ4n) is 2.02. The van der Waals surface area contributed by atoms with Crippen molar-refractivity contribution in [2.45, 2.75) is 13.0 Å². The van der Waals surface area contributed by atoms with Gasteiger partial charge in [-0.2, -0.15) is 0 Å². The van der Waals surface area contributed by atoms with Crippen LogP contribution in [0.25, 0.3) is 0 Å². The van der Waals surface area contributed by atoms with Gasteiger partial charge in [0.15, 0.2) is 0 Å². The lowest BCUT2D eigenvalue weighted by Crippen LogP contribution is -2.14. The van der Waals surface area contributed by atoms with Gasteiger partial charge < -0.3 is 10.1 Å². The van der Waals surface area contributed by atoms with Gasteiger partial charge in [0.2, 0.25) is 0 Å². The summed E-state index contributed by atoms with van der Waals surface area (Å²) in [4.78, 5) is 8.15. The minimum Gasteiger partial charge on any atom is -0.491 e. The maximum Gasteiger partial charge on any atom is 0.137 e. The Morgan fingerprint density at radius 2 is 2.17 bits per heavy atom. The van der Waals surface area contributed by atoms with E-state index < -0.39 is 0 Å². The predicted molar refractivity (Wildman–Crippen MR) is 70.1 cm³/mol. The van der Waals surface area contributed by atoms with E-state index in [1.807, 2.05) is 25.1 Å². The third-order valence-electron chi connectivity index (χ3n) is 3.03. The largest absolute Gasteiger partial charge is 0.491 e. The van der Waals surface area contributed by atoms with Gasteiger partial charge in [-0.1, -0.05) is 29.8 Å². The molecule has 2 aromatic rings. The predicted octanol–water partition coefficient (Wildman–Crippen LogP) is 2.98. The summed E-state index contributed by atoms with van der Waals surface area (Å²) in [5, 5.41) is 3.82. The summed E-state index contributed by atoms with van der Waals surface area (Å²) >= 11 is 5.98. The number of halogens is 1. The zero-order valence-electron chi connectivity index (χ0n) is 9.85. The van der Waals surface area contributed by atoms with Crippen LogP contribution >= 0.6 is 11.6 Å². The lowest BCUT2D eigenvalue weighted by Gasteiger charge is -2.14. The molecule has 1 aliphatic heterocycles. The molecule has 1 atom stereocenters. The molecule has 92 valence electrons. The molecule has 0 aliphatic carbocycles. The number of ether oxygens (including phenoxy) is 1. The number of para-hydroxylation sites is 1. The lowest BCUT2D eigenvalue weighted by atomic mass is 10.1. The van der Waals surface area contributed by atoms with Gasteiger partial charge in [0.1, 0.15) is 29.7 Å². The topological polar surface area (TPSA) is 47.0 Å². The van der Waals surface area contributed by atoms with E-state index in [9.17, 15) is 0 Å². The molecule has 0 bridgehead atoms. The Morgan fingerprint density at radius 1 is 1.33 bits per heavy atom. The number of nitrogens with zero attached hydrogens (tertiary/aromatic N) is 2. The highest BCUT2D eigenvalue weighted by molar-refractivity contribution is 6.30. The second-order valence-electron chi connectivity index (χ2n) is 4.18. The molecule has 0 saturated carbocycles. The van der Waals surface area contributed by atoms with Gasteiger partial charge in [0.25, 0.3) is 0 Å². The fourth-order valence-corrected chi connectivity index (χ4v) is 2.15. The Balaban J connectivity index is 1.89. The first-order chi connectivity index (χ1) is 8.75. The molecule has 0 fully saturated rings. The summed E-state index contributed by atoms with van der Waals surface area (Å²) in [5.74, 6) is 1.67. The zero-order valence-corrected chi connectivity index (χ0v) is 10.6. The number of rotatable bonds is 2. The van der Waals surface area contributed by atoms with Crippen molar-refractivity contribution < 1.29 is 4.74 Å². The number of nitrogens with one attached hydrogen (secondary N) is 1. The van der Waals surface area contributed by atoms with Crippen LogP contribution in [-0.4, -0.2) is 16.6 Å². The normalized spacial score (nSPS) is 17.1. The highest BCUT2D eigenvalue weighted by Gasteiger charge is 2.24. The molecule has 1 N–H and O–H groups in total. The van der Waals surface area contributed by atoms with Crippen LogP contribution in [0.1, 0.15) is 17.2 Å². The zero-order chi connectivity index (χ0) is 12.5. The van der Waals surface area contributed by atoms with E-state index in [2.05, 4.69) is 21.4 Å². The Hall–Kier alpha value is -1.81. The van der Waals surface area contributed by atoms with Crippen LogP contribution in [0.2, 0.25) is 5.15 Å². The quantitative estimate of drug-likeness (QED) is 0.845. The Bertz CT molecular complexity index is 588. The van der Waals surface area contributed by atoms with Crippen LogP contribution < -0.4 is 10.1 Å². The Morgan fingerprint density at radius 3 is 3.06 bits per heavy atom. The number of benzene rings is 1. The van der Waals surface area contributed by atoms with Crippen molar-refractivity contribution in [2.75, 3.05) is 11.9 Å². The van der Waals surface area contributed by atoms with Gasteiger partial charge in [-0.15, -0.1) is 0 Å². The number of anilines is 1. The van der Waals surface area contributed by atoms with Gasteiger partial charge >= 0.3 is 0 Å². The van der Waals surface area contributed by atoms with E-state index in [1.54, 1.807) is 0 Å². The second-order valence-corrected chi connectivity index (χ2v) is 4.54. The summed E-state index contributed by atoms with van der Waals surface area (Å²) in [6, 6.07) is 8.09. The van der Waals surface area contributed by atoms with Crippen LogP contribution in [0.15, 0.2) is 30.6 Å². The smallest absolute Gasteiger partial charge is 0.137 e. The van der Waals surface area contributed by atoms with Crippen LogP contribution in [0, 0.1) is 6.92 Å². The van der Waals surface area contributed by atoms with Gasteiger partial charge in [-0.05, 0) is 13.0 Å². The molecule has 1 aromatic heterocycles. The van der Waals surface area contributed by atoms with Crippen molar-refractivity contribution in [2.24, 2.45) is 0 Å². The van der Waals surface area contributed by atoms with E-state index in [4.69, 9.17) is 16.3 Å². The minimum atomic E-state index is 0.103. The van der Waals surface area contributed by atoms with Crippen molar-refractivity contribution in [1.82, 2.24) is 9.97 Å². The summed E-state index contributed by atoms with van der Waals surface area (Å²) < 4.78 is 5.61. The van der Waals surface area contributed by atoms with E-state index >= 15 is 0 Å². The molecule has 18 heavy (non-hydrogen) atoms. The number of hydrogen-bond acceptors (Lipinski definition) is 4. The summed E-state index contributed by atoms with van der Waals surface area (Å²) in [7, 11) is 0. The molecule has 1 unspecified atom stereocenters. The minimum absolute atomic E-state index is 0.103. The molecule has 0 radical (unpaired) electrons. The highest BCUT2D eigenvalue weighted by atomic mass is 35.5. The fraction of sp³-hybridized carbons (Fsp3) is 0.231. The van der Waals surface area contributed by atoms with E-state index in [1.165, 1.54) is 6.33 Å². The first kappa shape index (κ1) is 11.3. The molecule has 1 aromatic carbocycles. The monoisotopic (exact) mass is 261 g/mol. The molecule has 0 amide bonds. The first-order valence-corrected chi connectivity index (χ1v) is 6.09. The molecule has 5 heteroatoms. The SMILES string of the molecule is Cc1c(Cl)ncnc1NC1COc2ccccc21. The lowest BCUT2D eigenvalue weighted by molar-refractivity contribution is 0.339. The van der Waals surface area contributed by atoms with E-state index in [0.717, 1.165) is 22.7 Å². The summed E-state index contributed by atoms with van der Waals surface area (Å²) in [5.41, 5.74) is 2.00. The molecule has 3 rings (SSSR count). The number of hydrogen-bond donors (Lipinski definition) is 1. The van der Waals surface area contributed by atoms with Gasteiger partial charge in [0, 0.05) is 11.1 Å². The third-order valence-corrected chi connectivity index (χ3v) is 3.41. The van der Waals surface area contributed by atoms with Gasteiger partial charge in [-0.3, -0.25) is 0 Å². The van der Waals surface area contributed by atoms with Crippen molar-refractivity contribution in [1.29, 1.82) is 0 Å². The average molecular weight is 262 g/mol. The third kappa shape index (κ3) is 1.88. The highest BCUT2D eigenvalue weighted by Crippen LogP contribution is 2.34. The van der Waals surface area contributed by atoms with Crippen LogP contribution in [-0.2, 0) is 0 Å². The van der Waals surface area contributed by atoms with Crippen LogP contribution in [0.5, 0.6) is 5.75 Å². The summed E-state index contributed by atoms with van der Waals surface area (Å²) in [6.45, 7) is 2.49. The van der Waals surface area contributed by atoms with E-state index in [-0.39, 0.29) is 6.04 Å². The van der Waals surface area contributed by atoms with Crippen molar-refractivity contribution in [3.05, 3.63) is 46.9 Å². The molecule has 2 heterocycles. The molecular weight excluding hydrogens is 250 g/mol. The van der Waals surface area contributed by atoms with Crippen molar-refractivity contribution in [3.63, 3.8) is 0 Å². The maximum atomic E-state index is 5.98. The average Bonchev–Trinajstić information content (AvgIpc) is 2.79.